The van der Waals surface area contributed by atoms with Crippen molar-refractivity contribution in [3.63, 3.8) is 0 Å². The van der Waals surface area contributed by atoms with Gasteiger partial charge in [-0.2, -0.15) is 0 Å². The molecule has 0 aliphatic carbocycles. The maximum Gasteiger partial charge on any atom is 0.303 e. The van der Waals surface area contributed by atoms with Crippen LogP contribution in [-0.4, -0.2) is 22.5 Å². The van der Waals surface area contributed by atoms with Crippen molar-refractivity contribution in [2.24, 2.45) is 5.41 Å². The normalized spacial score (nSPS) is 11.2. The first-order valence-electron chi connectivity index (χ1n) is 6.61. The smallest absolute Gasteiger partial charge is 0.303 e. The second kappa shape index (κ2) is 7.58. The standard InChI is InChI=1S/C14H19IN2O4/c1-14(2,6-5-13(18)19)7-8-16-12-4-3-10(17(20)21)9-11(12)15/h3-4,9,16H,5-8H2,1-2H3,(H,18,19). The summed E-state index contributed by atoms with van der Waals surface area (Å²) in [4.78, 5) is 20.9. The van der Waals surface area contributed by atoms with E-state index in [2.05, 4.69) is 27.9 Å². The van der Waals surface area contributed by atoms with Crippen LogP contribution >= 0.6 is 22.6 Å². The third kappa shape index (κ3) is 6.28. The number of nitro groups is 1. The van der Waals surface area contributed by atoms with Gasteiger partial charge in [-0.1, -0.05) is 13.8 Å². The molecule has 2 N–H and O–H groups in total. The van der Waals surface area contributed by atoms with Gasteiger partial charge in [0.15, 0.2) is 0 Å². The lowest BCUT2D eigenvalue weighted by Crippen LogP contribution is -2.18. The van der Waals surface area contributed by atoms with E-state index in [4.69, 9.17) is 5.11 Å². The first-order chi connectivity index (χ1) is 9.71. The third-order valence-electron chi connectivity index (χ3n) is 3.30. The average Bonchev–Trinajstić information content (AvgIpc) is 2.38. The van der Waals surface area contributed by atoms with Gasteiger partial charge >= 0.3 is 5.97 Å². The van der Waals surface area contributed by atoms with Crippen molar-refractivity contribution < 1.29 is 14.8 Å². The van der Waals surface area contributed by atoms with Crippen molar-refractivity contribution in [3.05, 3.63) is 31.9 Å². The number of benzene rings is 1. The fraction of sp³-hybridized carbons (Fsp3) is 0.500. The Kier molecular flexibility index (Phi) is 6.38. The van der Waals surface area contributed by atoms with Crippen molar-refractivity contribution in [2.45, 2.75) is 33.1 Å². The predicted octanol–water partition coefficient (Wildman–Crippen LogP) is 3.89. The van der Waals surface area contributed by atoms with Gasteiger partial charge in [0, 0.05) is 34.4 Å². The number of hydrogen-bond donors (Lipinski definition) is 2. The van der Waals surface area contributed by atoms with E-state index in [1.54, 1.807) is 6.07 Å². The molecule has 0 atom stereocenters. The minimum absolute atomic E-state index is 0.0579. The first kappa shape index (κ1) is 17.7. The highest BCUT2D eigenvalue weighted by Crippen LogP contribution is 2.28. The maximum absolute atomic E-state index is 10.7. The van der Waals surface area contributed by atoms with Crippen LogP contribution in [0.4, 0.5) is 11.4 Å². The molecule has 0 aromatic heterocycles. The van der Waals surface area contributed by atoms with E-state index in [-0.39, 0.29) is 17.5 Å². The molecule has 0 amide bonds. The van der Waals surface area contributed by atoms with Gasteiger partial charge in [-0.15, -0.1) is 0 Å². The Morgan fingerprint density at radius 3 is 2.62 bits per heavy atom. The lowest BCUT2D eigenvalue weighted by molar-refractivity contribution is -0.384. The molecule has 116 valence electrons. The molecule has 6 nitrogen and oxygen atoms in total. The number of non-ortho nitro benzene ring substituents is 1. The zero-order valence-electron chi connectivity index (χ0n) is 12.1. The molecular weight excluding hydrogens is 387 g/mol. The van der Waals surface area contributed by atoms with E-state index in [1.807, 2.05) is 13.8 Å². The molecule has 0 bridgehead atoms. The monoisotopic (exact) mass is 406 g/mol. The number of carboxylic acids is 1. The third-order valence-corrected chi connectivity index (χ3v) is 4.19. The summed E-state index contributed by atoms with van der Waals surface area (Å²) in [5.74, 6) is -0.777. The van der Waals surface area contributed by atoms with Crippen LogP contribution in [0, 0.1) is 19.1 Å². The van der Waals surface area contributed by atoms with Gasteiger partial charge in [0.05, 0.1) is 4.92 Å². The summed E-state index contributed by atoms with van der Waals surface area (Å²) in [5.41, 5.74) is 0.874. The Hall–Kier alpha value is -1.38. The molecular formula is C14H19IN2O4. The van der Waals surface area contributed by atoms with Crippen molar-refractivity contribution in [1.29, 1.82) is 0 Å². The van der Waals surface area contributed by atoms with E-state index in [9.17, 15) is 14.9 Å². The van der Waals surface area contributed by atoms with Crippen molar-refractivity contribution in [3.8, 4) is 0 Å². The number of carbonyl (C=O) groups is 1. The van der Waals surface area contributed by atoms with E-state index in [0.717, 1.165) is 15.7 Å². The van der Waals surface area contributed by atoms with Crippen LogP contribution in [0.1, 0.15) is 33.1 Å². The number of nitrogens with one attached hydrogen (secondary N) is 1. The predicted molar refractivity (Wildman–Crippen MR) is 89.6 cm³/mol. The SMILES string of the molecule is CC(C)(CCNc1ccc([N+](=O)[O-])cc1I)CCC(=O)O. The summed E-state index contributed by atoms with van der Waals surface area (Å²) in [5, 5.41) is 22.6. The Balaban J connectivity index is 2.52. The average molecular weight is 406 g/mol. The van der Waals surface area contributed by atoms with Crippen LogP contribution in [0.5, 0.6) is 0 Å². The number of hydrogen-bond acceptors (Lipinski definition) is 4. The van der Waals surface area contributed by atoms with E-state index in [1.165, 1.54) is 12.1 Å². The number of rotatable bonds is 8. The zero-order chi connectivity index (χ0) is 16.0. The molecule has 1 aromatic rings. The fourth-order valence-electron chi connectivity index (χ4n) is 1.87. The Morgan fingerprint density at radius 2 is 2.10 bits per heavy atom. The molecule has 0 unspecified atom stereocenters. The zero-order valence-corrected chi connectivity index (χ0v) is 14.2. The highest BCUT2D eigenvalue weighted by Gasteiger charge is 2.19. The molecule has 0 heterocycles. The number of carboxylic acid groups (broad SMARTS) is 1. The number of nitrogens with zero attached hydrogens (tertiary/aromatic N) is 1. The molecule has 0 saturated heterocycles. The summed E-state index contributed by atoms with van der Waals surface area (Å²) in [7, 11) is 0. The van der Waals surface area contributed by atoms with Crippen LogP contribution in [0.2, 0.25) is 0 Å². The van der Waals surface area contributed by atoms with Crippen LogP contribution < -0.4 is 5.32 Å². The summed E-state index contributed by atoms with van der Waals surface area (Å²) in [6.07, 6.45) is 1.62. The maximum atomic E-state index is 10.7. The van der Waals surface area contributed by atoms with Crippen molar-refractivity contribution in [1.82, 2.24) is 0 Å². The second-order valence-corrected chi connectivity index (χ2v) is 6.82. The van der Waals surface area contributed by atoms with Crippen molar-refractivity contribution >= 4 is 39.9 Å². The molecule has 7 heteroatoms. The Labute approximate surface area is 137 Å². The summed E-state index contributed by atoms with van der Waals surface area (Å²) in [6, 6.07) is 4.70. The molecule has 21 heavy (non-hydrogen) atoms. The van der Waals surface area contributed by atoms with Gasteiger partial charge in [0.1, 0.15) is 0 Å². The molecule has 0 saturated carbocycles. The summed E-state index contributed by atoms with van der Waals surface area (Å²) in [6.45, 7) is 4.78. The molecule has 0 fully saturated rings. The summed E-state index contributed by atoms with van der Waals surface area (Å²) < 4.78 is 0.796. The van der Waals surface area contributed by atoms with Gasteiger partial charge in [0.25, 0.3) is 5.69 Å². The highest BCUT2D eigenvalue weighted by atomic mass is 127. The Bertz CT molecular complexity index is 532. The molecule has 0 aliphatic rings. The fourth-order valence-corrected chi connectivity index (χ4v) is 2.56. The largest absolute Gasteiger partial charge is 0.481 e. The lowest BCUT2D eigenvalue weighted by atomic mass is 9.84. The second-order valence-electron chi connectivity index (χ2n) is 5.66. The van der Waals surface area contributed by atoms with E-state index in [0.29, 0.717) is 13.0 Å². The van der Waals surface area contributed by atoms with Gasteiger partial charge in [-0.05, 0) is 46.9 Å². The number of anilines is 1. The van der Waals surface area contributed by atoms with Crippen LogP contribution in [0.15, 0.2) is 18.2 Å². The van der Waals surface area contributed by atoms with Gasteiger partial charge < -0.3 is 10.4 Å². The Morgan fingerprint density at radius 1 is 1.43 bits per heavy atom. The van der Waals surface area contributed by atoms with Crippen LogP contribution in [-0.2, 0) is 4.79 Å². The number of aliphatic carboxylic acids is 1. The highest BCUT2D eigenvalue weighted by molar-refractivity contribution is 14.1. The van der Waals surface area contributed by atoms with E-state index < -0.39 is 10.9 Å². The van der Waals surface area contributed by atoms with Gasteiger partial charge in [-0.3, -0.25) is 14.9 Å². The lowest BCUT2D eigenvalue weighted by Gasteiger charge is -2.24. The first-order valence-corrected chi connectivity index (χ1v) is 7.69. The molecule has 1 rings (SSSR count). The molecule has 1 aromatic carbocycles. The molecule has 0 aliphatic heterocycles. The van der Waals surface area contributed by atoms with Crippen LogP contribution in [0.25, 0.3) is 0 Å². The topological polar surface area (TPSA) is 92.5 Å². The molecule has 0 radical (unpaired) electrons. The summed E-state index contributed by atoms with van der Waals surface area (Å²) >= 11 is 2.06. The van der Waals surface area contributed by atoms with E-state index >= 15 is 0 Å². The minimum atomic E-state index is -0.777. The number of nitro benzene ring substituents is 1. The van der Waals surface area contributed by atoms with Crippen molar-refractivity contribution in [2.75, 3.05) is 11.9 Å². The molecule has 0 spiro atoms. The van der Waals surface area contributed by atoms with Gasteiger partial charge in [0.2, 0.25) is 0 Å². The van der Waals surface area contributed by atoms with Crippen LogP contribution in [0.3, 0.4) is 0 Å². The number of halogens is 1. The quantitative estimate of drug-likeness (QED) is 0.388. The van der Waals surface area contributed by atoms with Gasteiger partial charge in [-0.25, -0.2) is 0 Å². The minimum Gasteiger partial charge on any atom is -0.481 e.